The molecule has 0 radical (unpaired) electrons. The molecule has 5 heteroatoms. The van der Waals surface area contributed by atoms with E-state index < -0.39 is 0 Å². The molecule has 1 aromatic heterocycles. The summed E-state index contributed by atoms with van der Waals surface area (Å²) in [7, 11) is 0. The number of thiophene rings is 1. The Balaban J connectivity index is 1.73. The van der Waals surface area contributed by atoms with E-state index in [4.69, 9.17) is 0 Å². The quantitative estimate of drug-likeness (QED) is 0.727. The molecule has 3 rings (SSSR count). The lowest BCUT2D eigenvalue weighted by Crippen LogP contribution is -2.30. The maximum Gasteiger partial charge on any atom is 0.265 e. The summed E-state index contributed by atoms with van der Waals surface area (Å²) in [5.41, 5.74) is 2.11. The van der Waals surface area contributed by atoms with Gasteiger partial charge in [-0.2, -0.15) is 0 Å². The Hall–Kier alpha value is -2.92. The minimum atomic E-state index is -0.145. The van der Waals surface area contributed by atoms with Crippen LogP contribution in [0.1, 0.15) is 27.0 Å². The fourth-order valence-electron chi connectivity index (χ4n) is 2.50. The van der Waals surface area contributed by atoms with Crippen LogP contribution >= 0.6 is 11.3 Å². The predicted molar refractivity (Wildman–Crippen MR) is 103 cm³/mol. The second-order valence-electron chi connectivity index (χ2n) is 5.39. The highest BCUT2D eigenvalue weighted by atomic mass is 32.1. The molecule has 2 aromatic carbocycles. The van der Waals surface area contributed by atoms with Crippen LogP contribution in [0.5, 0.6) is 0 Å². The highest BCUT2D eigenvalue weighted by Crippen LogP contribution is 2.19. The third kappa shape index (κ3) is 3.95. The number of anilines is 2. The van der Waals surface area contributed by atoms with Crippen LogP contribution < -0.4 is 10.2 Å². The van der Waals surface area contributed by atoms with Gasteiger partial charge in [0, 0.05) is 23.5 Å². The number of hydrogen-bond donors (Lipinski definition) is 1. The van der Waals surface area contributed by atoms with Crippen molar-refractivity contribution >= 4 is 34.5 Å². The zero-order chi connectivity index (χ0) is 17.6. The van der Waals surface area contributed by atoms with Crippen LogP contribution in [0, 0.1) is 0 Å². The van der Waals surface area contributed by atoms with E-state index in [-0.39, 0.29) is 11.8 Å². The SMILES string of the molecule is CCN(C(=O)c1ccc(NC(=O)c2cccs2)cc1)c1ccccc1. The number of nitrogens with zero attached hydrogens (tertiary/aromatic N) is 1. The molecule has 0 atom stereocenters. The average Bonchev–Trinajstić information content (AvgIpc) is 3.19. The van der Waals surface area contributed by atoms with E-state index in [1.165, 1.54) is 11.3 Å². The molecule has 0 aliphatic carbocycles. The number of hydrogen-bond acceptors (Lipinski definition) is 3. The molecule has 0 unspecified atom stereocenters. The van der Waals surface area contributed by atoms with Crippen molar-refractivity contribution < 1.29 is 9.59 Å². The molecule has 0 saturated carbocycles. The Bertz CT molecular complexity index is 843. The molecule has 1 N–H and O–H groups in total. The van der Waals surface area contributed by atoms with E-state index in [2.05, 4.69) is 5.32 Å². The molecular weight excluding hydrogens is 332 g/mol. The van der Waals surface area contributed by atoms with Crippen LogP contribution in [0.4, 0.5) is 11.4 Å². The molecule has 0 bridgehead atoms. The Labute approximate surface area is 150 Å². The van der Waals surface area contributed by atoms with Gasteiger partial charge in [0.2, 0.25) is 0 Å². The van der Waals surface area contributed by atoms with Crippen LogP contribution in [0.25, 0.3) is 0 Å². The fourth-order valence-corrected chi connectivity index (χ4v) is 3.12. The first-order valence-electron chi connectivity index (χ1n) is 8.01. The van der Waals surface area contributed by atoms with Crippen molar-refractivity contribution in [3.8, 4) is 0 Å². The van der Waals surface area contributed by atoms with Gasteiger partial charge in [0.05, 0.1) is 4.88 Å². The van der Waals surface area contributed by atoms with Gasteiger partial charge in [-0.3, -0.25) is 9.59 Å². The molecule has 0 aliphatic heterocycles. The molecule has 2 amide bonds. The molecule has 3 aromatic rings. The van der Waals surface area contributed by atoms with Gasteiger partial charge in [-0.25, -0.2) is 0 Å². The third-order valence-electron chi connectivity index (χ3n) is 3.76. The molecule has 4 nitrogen and oxygen atoms in total. The molecule has 126 valence electrons. The van der Waals surface area contributed by atoms with E-state index in [9.17, 15) is 9.59 Å². The zero-order valence-electron chi connectivity index (χ0n) is 13.8. The Kier molecular flexibility index (Phi) is 5.26. The number of para-hydroxylation sites is 1. The molecule has 25 heavy (non-hydrogen) atoms. The molecule has 1 heterocycles. The summed E-state index contributed by atoms with van der Waals surface area (Å²) in [4.78, 5) is 27.2. The van der Waals surface area contributed by atoms with Crippen molar-refractivity contribution in [1.29, 1.82) is 0 Å². The maximum atomic E-state index is 12.7. The summed E-state index contributed by atoms with van der Waals surface area (Å²) in [5.74, 6) is -0.210. The van der Waals surface area contributed by atoms with Gasteiger partial charge >= 0.3 is 0 Å². The molecule has 0 aliphatic rings. The van der Waals surface area contributed by atoms with Gasteiger partial charge in [-0.15, -0.1) is 11.3 Å². The van der Waals surface area contributed by atoms with E-state index in [1.807, 2.05) is 48.7 Å². The summed E-state index contributed by atoms with van der Waals surface area (Å²) in [5, 5.41) is 4.69. The first-order valence-corrected chi connectivity index (χ1v) is 8.89. The summed E-state index contributed by atoms with van der Waals surface area (Å²) >= 11 is 1.39. The van der Waals surface area contributed by atoms with E-state index >= 15 is 0 Å². The summed E-state index contributed by atoms with van der Waals surface area (Å²) in [6.45, 7) is 2.53. The lowest BCUT2D eigenvalue weighted by molar-refractivity contribution is 0.0987. The highest BCUT2D eigenvalue weighted by Gasteiger charge is 2.16. The van der Waals surface area contributed by atoms with Crippen molar-refractivity contribution in [1.82, 2.24) is 0 Å². The molecular formula is C20H18N2O2S. The number of nitrogens with one attached hydrogen (secondary N) is 1. The van der Waals surface area contributed by atoms with Crippen LogP contribution in [0.2, 0.25) is 0 Å². The Morgan fingerprint density at radius 2 is 1.68 bits per heavy atom. The predicted octanol–water partition coefficient (Wildman–Crippen LogP) is 4.67. The highest BCUT2D eigenvalue weighted by molar-refractivity contribution is 7.12. The summed E-state index contributed by atoms with van der Waals surface area (Å²) < 4.78 is 0. The summed E-state index contributed by atoms with van der Waals surface area (Å²) in [6.07, 6.45) is 0. The zero-order valence-corrected chi connectivity index (χ0v) is 14.6. The summed E-state index contributed by atoms with van der Waals surface area (Å²) in [6, 6.07) is 20.1. The first kappa shape index (κ1) is 16.9. The van der Waals surface area contributed by atoms with Gasteiger partial charge < -0.3 is 10.2 Å². The minimum absolute atomic E-state index is 0.0650. The number of carbonyl (C=O) groups excluding carboxylic acids is 2. The van der Waals surface area contributed by atoms with Crippen molar-refractivity contribution in [3.05, 3.63) is 82.6 Å². The van der Waals surface area contributed by atoms with Crippen molar-refractivity contribution in [2.75, 3.05) is 16.8 Å². The van der Waals surface area contributed by atoms with Crippen molar-refractivity contribution in [2.24, 2.45) is 0 Å². The smallest absolute Gasteiger partial charge is 0.265 e. The number of rotatable bonds is 5. The molecule has 0 spiro atoms. The molecule has 0 saturated heterocycles. The fraction of sp³-hybridized carbons (Fsp3) is 0.100. The molecule has 0 fully saturated rings. The lowest BCUT2D eigenvalue weighted by Gasteiger charge is -2.21. The van der Waals surface area contributed by atoms with E-state index in [1.54, 1.807) is 35.2 Å². The van der Waals surface area contributed by atoms with Gasteiger partial charge in [-0.1, -0.05) is 24.3 Å². The minimum Gasteiger partial charge on any atom is -0.321 e. The van der Waals surface area contributed by atoms with Gasteiger partial charge in [0.25, 0.3) is 11.8 Å². The van der Waals surface area contributed by atoms with E-state index in [0.29, 0.717) is 22.7 Å². The first-order chi connectivity index (χ1) is 12.2. The Morgan fingerprint density at radius 1 is 0.960 bits per heavy atom. The van der Waals surface area contributed by atoms with Crippen LogP contribution in [0.15, 0.2) is 72.1 Å². The lowest BCUT2D eigenvalue weighted by atomic mass is 10.1. The van der Waals surface area contributed by atoms with Crippen LogP contribution in [-0.4, -0.2) is 18.4 Å². The topological polar surface area (TPSA) is 49.4 Å². The van der Waals surface area contributed by atoms with Crippen molar-refractivity contribution in [2.45, 2.75) is 6.92 Å². The standard InChI is InChI=1S/C20H18N2O2S/c1-2-22(17-7-4-3-5-8-17)20(24)15-10-12-16(13-11-15)21-19(23)18-9-6-14-25-18/h3-14H,2H2,1H3,(H,21,23). The van der Waals surface area contributed by atoms with Gasteiger partial charge in [-0.05, 0) is 54.8 Å². The second-order valence-corrected chi connectivity index (χ2v) is 6.34. The van der Waals surface area contributed by atoms with Crippen LogP contribution in [0.3, 0.4) is 0 Å². The largest absolute Gasteiger partial charge is 0.321 e. The van der Waals surface area contributed by atoms with Gasteiger partial charge in [0.1, 0.15) is 0 Å². The normalized spacial score (nSPS) is 10.3. The van der Waals surface area contributed by atoms with Gasteiger partial charge in [0.15, 0.2) is 0 Å². The van der Waals surface area contributed by atoms with Crippen LogP contribution in [-0.2, 0) is 0 Å². The monoisotopic (exact) mass is 350 g/mol. The maximum absolute atomic E-state index is 12.7. The van der Waals surface area contributed by atoms with Crippen molar-refractivity contribution in [3.63, 3.8) is 0 Å². The average molecular weight is 350 g/mol. The van der Waals surface area contributed by atoms with E-state index in [0.717, 1.165) is 5.69 Å². The Morgan fingerprint density at radius 3 is 2.28 bits per heavy atom. The number of amides is 2. The third-order valence-corrected chi connectivity index (χ3v) is 4.63. The number of benzene rings is 2. The number of carbonyl (C=O) groups is 2. The second kappa shape index (κ2) is 7.77.